The highest BCUT2D eigenvalue weighted by molar-refractivity contribution is 5.93. The third-order valence-electron chi connectivity index (χ3n) is 4.06. The van der Waals surface area contributed by atoms with Crippen molar-refractivity contribution in [3.8, 4) is 0 Å². The quantitative estimate of drug-likeness (QED) is 0.240. The number of rotatable bonds is 14. The zero-order chi connectivity index (χ0) is 22.2. The molecule has 0 saturated carbocycles. The summed E-state index contributed by atoms with van der Waals surface area (Å²) in [7, 11) is 0. The molecule has 0 radical (unpaired) electrons. The van der Waals surface area contributed by atoms with Crippen molar-refractivity contribution in [1.29, 1.82) is 0 Å². The Morgan fingerprint density at radius 1 is 0.655 bits per heavy atom. The van der Waals surface area contributed by atoms with E-state index in [2.05, 4.69) is 33.5 Å². The van der Waals surface area contributed by atoms with E-state index in [1.165, 1.54) is 6.92 Å². The van der Waals surface area contributed by atoms with Gasteiger partial charge in [-0.1, -0.05) is 33.1 Å². The molecule has 5 amide bonds. The van der Waals surface area contributed by atoms with Crippen molar-refractivity contribution in [2.45, 2.75) is 71.9 Å². The first-order valence-electron chi connectivity index (χ1n) is 10.1. The van der Waals surface area contributed by atoms with E-state index in [9.17, 15) is 24.0 Å². The molecular weight excluding hydrogens is 378 g/mol. The van der Waals surface area contributed by atoms with Gasteiger partial charge in [-0.3, -0.25) is 24.0 Å². The van der Waals surface area contributed by atoms with Crippen molar-refractivity contribution in [2.75, 3.05) is 19.6 Å². The first-order chi connectivity index (χ1) is 13.7. The van der Waals surface area contributed by atoms with Crippen LogP contribution in [-0.4, -0.2) is 61.3 Å². The summed E-state index contributed by atoms with van der Waals surface area (Å²) in [4.78, 5) is 58.5. The number of hydrogen-bond acceptors (Lipinski definition) is 5. The topological polar surface area (TPSA) is 146 Å². The lowest BCUT2D eigenvalue weighted by Gasteiger charge is -2.16. The zero-order valence-corrected chi connectivity index (χ0v) is 17.9. The first kappa shape index (κ1) is 26.4. The lowest BCUT2D eigenvalue weighted by atomic mass is 10.2. The lowest BCUT2D eigenvalue weighted by Crippen LogP contribution is -2.51. The van der Waals surface area contributed by atoms with Gasteiger partial charge in [0.2, 0.25) is 29.5 Å². The van der Waals surface area contributed by atoms with Crippen molar-refractivity contribution >= 4 is 29.5 Å². The van der Waals surface area contributed by atoms with E-state index in [4.69, 9.17) is 0 Å². The molecule has 0 aromatic carbocycles. The molecule has 0 aliphatic heterocycles. The fourth-order valence-corrected chi connectivity index (χ4v) is 2.26. The third-order valence-corrected chi connectivity index (χ3v) is 4.06. The van der Waals surface area contributed by atoms with Gasteiger partial charge in [0.25, 0.3) is 0 Å². The minimum Gasteiger partial charge on any atom is -0.354 e. The maximum absolute atomic E-state index is 12.0. The fraction of sp³-hybridized carbons (Fsp3) is 0.737. The first-order valence-corrected chi connectivity index (χ1v) is 10.1. The molecule has 5 N–H and O–H groups in total. The number of amides is 5. The van der Waals surface area contributed by atoms with Gasteiger partial charge in [0, 0.05) is 13.0 Å². The predicted molar refractivity (Wildman–Crippen MR) is 109 cm³/mol. The van der Waals surface area contributed by atoms with E-state index in [0.717, 1.165) is 25.7 Å². The second kappa shape index (κ2) is 15.3. The average Bonchev–Trinajstić information content (AvgIpc) is 2.69. The molecule has 0 rings (SSSR count). The van der Waals surface area contributed by atoms with Crippen LogP contribution in [-0.2, 0) is 24.0 Å². The van der Waals surface area contributed by atoms with Gasteiger partial charge in [-0.2, -0.15) is 0 Å². The van der Waals surface area contributed by atoms with Crippen LogP contribution in [0.2, 0.25) is 0 Å². The monoisotopic (exact) mass is 413 g/mol. The molecule has 0 aliphatic rings. The third kappa shape index (κ3) is 13.2. The molecule has 0 saturated heterocycles. The van der Waals surface area contributed by atoms with Crippen molar-refractivity contribution in [3.63, 3.8) is 0 Å². The standard InChI is InChI=1S/C19H35N5O5/c1-5-7-8-9-10-20-18(28)13(3)23-17(27)12-22-19(29)14(4)24-16(26)11-21-15(25)6-2/h13-14H,5-12H2,1-4H3,(H,20,28)(H,21,25)(H,22,29)(H,23,27)(H,24,26)/t13-,14-/m0/s1. The summed E-state index contributed by atoms with van der Waals surface area (Å²) in [6.45, 7) is 6.81. The van der Waals surface area contributed by atoms with Gasteiger partial charge in [-0.15, -0.1) is 0 Å². The zero-order valence-electron chi connectivity index (χ0n) is 17.9. The van der Waals surface area contributed by atoms with Gasteiger partial charge >= 0.3 is 0 Å². The molecule has 0 aromatic rings. The van der Waals surface area contributed by atoms with Gasteiger partial charge in [-0.05, 0) is 20.3 Å². The molecule has 29 heavy (non-hydrogen) atoms. The van der Waals surface area contributed by atoms with E-state index < -0.39 is 29.8 Å². The molecule has 10 nitrogen and oxygen atoms in total. The molecule has 0 fully saturated rings. The summed E-state index contributed by atoms with van der Waals surface area (Å²) in [6, 6.07) is -1.59. The van der Waals surface area contributed by atoms with E-state index in [0.29, 0.717) is 6.54 Å². The maximum atomic E-state index is 12.0. The summed E-state index contributed by atoms with van der Waals surface area (Å²) in [5, 5.41) is 12.5. The van der Waals surface area contributed by atoms with E-state index >= 15 is 0 Å². The molecular formula is C19H35N5O5. The number of hydrogen-bond donors (Lipinski definition) is 5. The van der Waals surface area contributed by atoms with Gasteiger partial charge in [0.15, 0.2) is 0 Å². The lowest BCUT2D eigenvalue weighted by molar-refractivity contribution is -0.131. The fourth-order valence-electron chi connectivity index (χ4n) is 2.26. The maximum Gasteiger partial charge on any atom is 0.242 e. The van der Waals surface area contributed by atoms with Crippen molar-refractivity contribution in [1.82, 2.24) is 26.6 Å². The Balaban J connectivity index is 4.09. The summed E-state index contributed by atoms with van der Waals surface area (Å²) < 4.78 is 0. The number of carbonyl (C=O) groups excluding carboxylic acids is 5. The Morgan fingerprint density at radius 3 is 1.69 bits per heavy atom. The van der Waals surface area contributed by atoms with Crippen LogP contribution in [0.15, 0.2) is 0 Å². The van der Waals surface area contributed by atoms with Crippen LogP contribution in [0.25, 0.3) is 0 Å². The van der Waals surface area contributed by atoms with E-state index in [1.807, 2.05) is 0 Å². The molecule has 0 bridgehead atoms. The van der Waals surface area contributed by atoms with Gasteiger partial charge < -0.3 is 26.6 Å². The Kier molecular flexibility index (Phi) is 13.9. The molecule has 2 atom stereocenters. The van der Waals surface area contributed by atoms with Crippen molar-refractivity contribution in [2.24, 2.45) is 0 Å². The molecule has 10 heteroatoms. The highest BCUT2D eigenvalue weighted by Gasteiger charge is 2.18. The normalized spacial score (nSPS) is 12.3. The van der Waals surface area contributed by atoms with E-state index in [1.54, 1.807) is 13.8 Å². The van der Waals surface area contributed by atoms with Gasteiger partial charge in [-0.25, -0.2) is 0 Å². The van der Waals surface area contributed by atoms with E-state index in [-0.39, 0.29) is 31.3 Å². The van der Waals surface area contributed by atoms with Crippen LogP contribution in [0.3, 0.4) is 0 Å². The van der Waals surface area contributed by atoms with Crippen molar-refractivity contribution in [3.05, 3.63) is 0 Å². The smallest absolute Gasteiger partial charge is 0.242 e. The van der Waals surface area contributed by atoms with Gasteiger partial charge in [0.1, 0.15) is 12.1 Å². The van der Waals surface area contributed by atoms with Crippen LogP contribution in [0, 0.1) is 0 Å². The molecule has 0 heterocycles. The second-order valence-corrected chi connectivity index (χ2v) is 6.78. The second-order valence-electron chi connectivity index (χ2n) is 6.78. The molecule has 166 valence electrons. The Labute approximate surface area is 172 Å². The summed E-state index contributed by atoms with van der Waals surface area (Å²) >= 11 is 0. The number of nitrogens with one attached hydrogen (secondary N) is 5. The average molecular weight is 414 g/mol. The SMILES string of the molecule is CCCCCCNC(=O)[C@H](C)NC(=O)CNC(=O)[C@H](C)NC(=O)CNC(=O)CC. The summed E-state index contributed by atoms with van der Waals surface area (Å²) in [6.07, 6.45) is 4.43. The minimum absolute atomic E-state index is 0.226. The van der Waals surface area contributed by atoms with Gasteiger partial charge in [0.05, 0.1) is 13.1 Å². The van der Waals surface area contributed by atoms with Crippen LogP contribution in [0.1, 0.15) is 59.8 Å². The predicted octanol–water partition coefficient (Wildman–Crippen LogP) is -0.665. The highest BCUT2D eigenvalue weighted by Crippen LogP contribution is 1.97. The number of carbonyl (C=O) groups is 5. The molecule has 0 spiro atoms. The molecule has 0 unspecified atom stereocenters. The van der Waals surface area contributed by atoms with Crippen molar-refractivity contribution < 1.29 is 24.0 Å². The molecule has 0 aromatic heterocycles. The Hall–Kier alpha value is -2.65. The largest absolute Gasteiger partial charge is 0.354 e. The Bertz CT molecular complexity index is 567. The summed E-state index contributed by atoms with van der Waals surface area (Å²) in [5.41, 5.74) is 0. The number of unbranched alkanes of at least 4 members (excludes halogenated alkanes) is 3. The highest BCUT2D eigenvalue weighted by atomic mass is 16.2. The van der Waals surface area contributed by atoms with Crippen LogP contribution in [0.4, 0.5) is 0 Å². The Morgan fingerprint density at radius 2 is 1.17 bits per heavy atom. The minimum atomic E-state index is -0.877. The molecule has 0 aliphatic carbocycles. The van der Waals surface area contributed by atoms with Crippen LogP contribution >= 0.6 is 0 Å². The summed E-state index contributed by atoms with van der Waals surface area (Å²) in [5.74, 6) is -2.13. The van der Waals surface area contributed by atoms with Crippen LogP contribution < -0.4 is 26.6 Å². The van der Waals surface area contributed by atoms with Crippen LogP contribution in [0.5, 0.6) is 0 Å².